The van der Waals surface area contributed by atoms with Gasteiger partial charge in [-0.1, -0.05) is 6.92 Å². The van der Waals surface area contributed by atoms with Crippen LogP contribution in [0.3, 0.4) is 0 Å². The first-order valence-electron chi connectivity index (χ1n) is 6.86. The maximum atomic E-state index is 5.45. The summed E-state index contributed by atoms with van der Waals surface area (Å²) in [6, 6.07) is 2.72. The molecule has 4 heteroatoms. The minimum atomic E-state index is 0.593. The Morgan fingerprint density at radius 2 is 2.16 bits per heavy atom. The van der Waals surface area contributed by atoms with Gasteiger partial charge in [0.2, 0.25) is 0 Å². The molecule has 1 aromatic rings. The molecule has 19 heavy (non-hydrogen) atoms. The summed E-state index contributed by atoms with van der Waals surface area (Å²) in [6.45, 7) is 3.32. The van der Waals surface area contributed by atoms with Crippen molar-refractivity contribution >= 4 is 15.9 Å². The lowest BCUT2D eigenvalue weighted by molar-refractivity contribution is 0.352. The summed E-state index contributed by atoms with van der Waals surface area (Å²) in [6.07, 6.45) is 4.58. The second kappa shape index (κ2) is 6.62. The molecule has 1 N–H and O–H groups in total. The molecule has 1 fully saturated rings. The van der Waals surface area contributed by atoms with Gasteiger partial charge < -0.3 is 14.8 Å². The lowest BCUT2D eigenvalue weighted by Crippen LogP contribution is -2.24. The van der Waals surface area contributed by atoms with Gasteiger partial charge in [-0.05, 0) is 65.4 Å². The Kier molecular flexibility index (Phi) is 5.11. The van der Waals surface area contributed by atoms with Gasteiger partial charge in [0.05, 0.1) is 18.7 Å². The summed E-state index contributed by atoms with van der Waals surface area (Å²) < 4.78 is 11.9. The zero-order valence-electron chi connectivity index (χ0n) is 11.9. The topological polar surface area (TPSA) is 30.5 Å². The fourth-order valence-electron chi connectivity index (χ4n) is 2.80. The molecule has 106 valence electrons. The van der Waals surface area contributed by atoms with Crippen LogP contribution < -0.4 is 14.8 Å². The van der Waals surface area contributed by atoms with Crippen LogP contribution in [0.2, 0.25) is 0 Å². The van der Waals surface area contributed by atoms with Crippen LogP contribution in [-0.4, -0.2) is 26.8 Å². The molecule has 1 unspecified atom stereocenters. The Labute approximate surface area is 123 Å². The predicted molar refractivity (Wildman–Crippen MR) is 81.4 cm³/mol. The van der Waals surface area contributed by atoms with E-state index in [1.54, 1.807) is 14.2 Å². The third-order valence-electron chi connectivity index (χ3n) is 3.79. The Morgan fingerprint density at radius 1 is 1.37 bits per heavy atom. The molecule has 0 amide bonds. The smallest absolute Gasteiger partial charge is 0.175 e. The molecule has 0 radical (unpaired) electrons. The summed E-state index contributed by atoms with van der Waals surface area (Å²) in [5, 5.41) is 3.55. The lowest BCUT2D eigenvalue weighted by atomic mass is 9.97. The number of hydrogen-bond acceptors (Lipinski definition) is 3. The van der Waals surface area contributed by atoms with E-state index in [-0.39, 0.29) is 0 Å². The molecule has 1 saturated heterocycles. The van der Waals surface area contributed by atoms with Crippen molar-refractivity contribution in [3.8, 4) is 11.5 Å². The molecular weight excluding hydrogens is 306 g/mol. The highest BCUT2D eigenvalue weighted by Gasteiger charge is 2.21. The van der Waals surface area contributed by atoms with Gasteiger partial charge in [-0.25, -0.2) is 0 Å². The molecule has 0 spiro atoms. The summed E-state index contributed by atoms with van der Waals surface area (Å²) in [5.41, 5.74) is 2.68. The highest BCUT2D eigenvalue weighted by molar-refractivity contribution is 9.10. The Balaban J connectivity index is 2.37. The van der Waals surface area contributed by atoms with Crippen molar-refractivity contribution in [1.82, 2.24) is 5.32 Å². The number of methoxy groups -OCH3 is 2. The van der Waals surface area contributed by atoms with Crippen LogP contribution in [-0.2, 0) is 12.8 Å². The van der Waals surface area contributed by atoms with Crippen molar-refractivity contribution < 1.29 is 9.47 Å². The minimum absolute atomic E-state index is 0.593. The number of rotatable bonds is 5. The van der Waals surface area contributed by atoms with E-state index in [1.165, 1.54) is 24.0 Å². The van der Waals surface area contributed by atoms with Gasteiger partial charge in [-0.15, -0.1) is 0 Å². The van der Waals surface area contributed by atoms with Crippen molar-refractivity contribution in [1.29, 1.82) is 0 Å². The van der Waals surface area contributed by atoms with Crippen molar-refractivity contribution in [2.75, 3.05) is 20.8 Å². The predicted octanol–water partition coefficient (Wildman–Crippen LogP) is 3.32. The number of halogens is 1. The normalized spacial score (nSPS) is 18.6. The molecule has 3 nitrogen and oxygen atoms in total. The van der Waals surface area contributed by atoms with Crippen molar-refractivity contribution in [3.05, 3.63) is 21.7 Å². The fraction of sp³-hybridized carbons (Fsp3) is 0.600. The van der Waals surface area contributed by atoms with Crippen molar-refractivity contribution in [2.24, 2.45) is 0 Å². The summed E-state index contributed by atoms with van der Waals surface area (Å²) in [7, 11) is 3.37. The van der Waals surface area contributed by atoms with E-state index in [1.807, 2.05) is 0 Å². The fourth-order valence-corrected chi connectivity index (χ4v) is 3.69. The van der Waals surface area contributed by atoms with Gasteiger partial charge in [-0.2, -0.15) is 0 Å². The van der Waals surface area contributed by atoms with Crippen LogP contribution in [0.25, 0.3) is 0 Å². The highest BCUT2D eigenvalue weighted by Crippen LogP contribution is 2.40. The summed E-state index contributed by atoms with van der Waals surface area (Å²) in [5.74, 6) is 1.60. The van der Waals surface area contributed by atoms with Crippen molar-refractivity contribution in [2.45, 2.75) is 38.6 Å². The second-order valence-electron chi connectivity index (χ2n) is 4.91. The van der Waals surface area contributed by atoms with Crippen LogP contribution >= 0.6 is 15.9 Å². The lowest BCUT2D eigenvalue weighted by Gasteiger charge is -2.19. The standard InChI is InChI=1S/C15H22BrNO2/c1-4-12-10(8-11-6-5-7-17-11)9-13(18-2)15(19-3)14(12)16/h9,11,17H,4-8H2,1-3H3. The summed E-state index contributed by atoms with van der Waals surface area (Å²) in [4.78, 5) is 0. The molecule has 0 aliphatic carbocycles. The quantitative estimate of drug-likeness (QED) is 0.899. The van der Waals surface area contributed by atoms with E-state index in [4.69, 9.17) is 9.47 Å². The van der Waals surface area contributed by atoms with Gasteiger partial charge in [-0.3, -0.25) is 0 Å². The van der Waals surface area contributed by atoms with Crippen LogP contribution in [0.4, 0.5) is 0 Å². The molecule has 2 rings (SSSR count). The van der Waals surface area contributed by atoms with E-state index < -0.39 is 0 Å². The Bertz CT molecular complexity index is 442. The third kappa shape index (κ3) is 3.06. The third-order valence-corrected chi connectivity index (χ3v) is 4.63. The van der Waals surface area contributed by atoms with Crippen LogP contribution in [0.5, 0.6) is 11.5 Å². The zero-order chi connectivity index (χ0) is 13.8. The molecule has 1 aliphatic rings. The van der Waals surface area contributed by atoms with Gasteiger partial charge in [0.25, 0.3) is 0 Å². The van der Waals surface area contributed by atoms with Gasteiger partial charge in [0.1, 0.15) is 0 Å². The maximum absolute atomic E-state index is 5.45. The molecule has 0 bridgehead atoms. The monoisotopic (exact) mass is 327 g/mol. The van der Waals surface area contributed by atoms with Gasteiger partial charge >= 0.3 is 0 Å². The number of benzene rings is 1. The molecular formula is C15H22BrNO2. The molecule has 1 heterocycles. The number of hydrogen-bond donors (Lipinski definition) is 1. The first-order chi connectivity index (χ1) is 9.21. The minimum Gasteiger partial charge on any atom is -0.493 e. The SMILES string of the molecule is CCc1c(CC2CCCN2)cc(OC)c(OC)c1Br. The zero-order valence-corrected chi connectivity index (χ0v) is 13.5. The molecule has 0 aromatic heterocycles. The average Bonchev–Trinajstić information content (AvgIpc) is 2.91. The maximum Gasteiger partial charge on any atom is 0.175 e. The summed E-state index contributed by atoms with van der Waals surface area (Å²) >= 11 is 3.67. The van der Waals surface area contributed by atoms with E-state index in [2.05, 4.69) is 34.2 Å². The van der Waals surface area contributed by atoms with E-state index in [0.717, 1.165) is 35.4 Å². The molecule has 1 aromatic carbocycles. The van der Waals surface area contributed by atoms with Crippen LogP contribution in [0.1, 0.15) is 30.9 Å². The molecule has 1 aliphatic heterocycles. The molecule has 0 saturated carbocycles. The Hall–Kier alpha value is -0.740. The van der Waals surface area contributed by atoms with E-state index in [9.17, 15) is 0 Å². The van der Waals surface area contributed by atoms with Gasteiger partial charge in [0.15, 0.2) is 11.5 Å². The van der Waals surface area contributed by atoms with Crippen molar-refractivity contribution in [3.63, 3.8) is 0 Å². The molecule has 1 atom stereocenters. The number of ether oxygens (including phenoxy) is 2. The number of nitrogens with one attached hydrogen (secondary N) is 1. The van der Waals surface area contributed by atoms with Crippen LogP contribution in [0.15, 0.2) is 10.5 Å². The average molecular weight is 328 g/mol. The first kappa shape index (κ1) is 14.7. The Morgan fingerprint density at radius 3 is 2.68 bits per heavy atom. The second-order valence-corrected chi connectivity index (χ2v) is 5.71. The highest BCUT2D eigenvalue weighted by atomic mass is 79.9. The van der Waals surface area contributed by atoms with E-state index >= 15 is 0 Å². The first-order valence-corrected chi connectivity index (χ1v) is 7.66. The van der Waals surface area contributed by atoms with Crippen LogP contribution in [0, 0.1) is 0 Å². The largest absolute Gasteiger partial charge is 0.493 e. The van der Waals surface area contributed by atoms with E-state index in [0.29, 0.717) is 6.04 Å². The van der Waals surface area contributed by atoms with Gasteiger partial charge in [0, 0.05) is 6.04 Å².